The predicted molar refractivity (Wildman–Crippen MR) is 64.1 cm³/mol. The summed E-state index contributed by atoms with van der Waals surface area (Å²) in [6.07, 6.45) is 3.44. The lowest BCUT2D eigenvalue weighted by atomic mass is 10.1. The maximum Gasteiger partial charge on any atom is 0.347 e. The summed E-state index contributed by atoms with van der Waals surface area (Å²) in [6.45, 7) is 3.04. The Labute approximate surface area is 98.9 Å². The Morgan fingerprint density at radius 2 is 2.06 bits per heavy atom. The summed E-state index contributed by atoms with van der Waals surface area (Å²) < 4.78 is 5.45. The summed E-state index contributed by atoms with van der Waals surface area (Å²) >= 11 is 0. The van der Waals surface area contributed by atoms with Gasteiger partial charge in [-0.15, -0.1) is 0 Å². The molecular formula is C13H13NO3. The first kappa shape index (κ1) is 11.4. The Morgan fingerprint density at radius 1 is 1.29 bits per heavy atom. The van der Waals surface area contributed by atoms with Crippen molar-refractivity contribution in [1.29, 1.82) is 0 Å². The number of hydrogen-bond acceptors (Lipinski definition) is 3. The van der Waals surface area contributed by atoms with Gasteiger partial charge in [0.05, 0.1) is 0 Å². The quantitative estimate of drug-likeness (QED) is 0.881. The van der Waals surface area contributed by atoms with Gasteiger partial charge in [-0.2, -0.15) is 0 Å². The topological polar surface area (TPSA) is 59.4 Å². The first-order chi connectivity index (χ1) is 7.99. The summed E-state index contributed by atoms with van der Waals surface area (Å²) in [4.78, 5) is 15.0. The first-order valence-electron chi connectivity index (χ1n) is 5.25. The number of aliphatic carboxylic acids is 1. The van der Waals surface area contributed by atoms with E-state index in [1.54, 1.807) is 18.5 Å². The third-order valence-electron chi connectivity index (χ3n) is 2.50. The SMILES string of the molecule is CC(C)(Oc1ccc2cnccc2c1)C(=O)O. The van der Waals surface area contributed by atoms with Crippen molar-refractivity contribution in [3.05, 3.63) is 36.7 Å². The highest BCUT2D eigenvalue weighted by Crippen LogP contribution is 2.23. The minimum absolute atomic E-state index is 0.538. The van der Waals surface area contributed by atoms with Gasteiger partial charge in [-0.3, -0.25) is 4.98 Å². The smallest absolute Gasteiger partial charge is 0.347 e. The van der Waals surface area contributed by atoms with Crippen LogP contribution in [-0.2, 0) is 4.79 Å². The molecule has 88 valence electrons. The van der Waals surface area contributed by atoms with Crippen LogP contribution in [0.2, 0.25) is 0 Å². The Bertz CT molecular complexity index is 563. The fraction of sp³-hybridized carbons (Fsp3) is 0.231. The van der Waals surface area contributed by atoms with E-state index in [1.807, 2.05) is 18.2 Å². The second kappa shape index (κ2) is 4.05. The standard InChI is InChI=1S/C13H13NO3/c1-13(2,12(15)16)17-11-4-3-10-8-14-6-5-9(10)7-11/h3-8H,1-2H3,(H,15,16). The molecule has 0 fully saturated rings. The van der Waals surface area contributed by atoms with Gasteiger partial charge in [0.2, 0.25) is 0 Å². The minimum Gasteiger partial charge on any atom is -0.478 e. The molecule has 0 radical (unpaired) electrons. The molecule has 17 heavy (non-hydrogen) atoms. The van der Waals surface area contributed by atoms with Gasteiger partial charge >= 0.3 is 5.97 Å². The number of fused-ring (bicyclic) bond motifs is 1. The number of benzene rings is 1. The highest BCUT2D eigenvalue weighted by atomic mass is 16.5. The van der Waals surface area contributed by atoms with E-state index in [9.17, 15) is 4.79 Å². The van der Waals surface area contributed by atoms with Crippen molar-refractivity contribution in [2.24, 2.45) is 0 Å². The molecule has 0 bridgehead atoms. The van der Waals surface area contributed by atoms with Crippen molar-refractivity contribution in [1.82, 2.24) is 4.98 Å². The molecular weight excluding hydrogens is 218 g/mol. The number of aromatic nitrogens is 1. The molecule has 4 heteroatoms. The summed E-state index contributed by atoms with van der Waals surface area (Å²) in [6, 6.07) is 7.27. The van der Waals surface area contributed by atoms with E-state index in [2.05, 4.69) is 4.98 Å². The molecule has 0 unspecified atom stereocenters. The van der Waals surface area contributed by atoms with E-state index >= 15 is 0 Å². The fourth-order valence-corrected chi connectivity index (χ4v) is 1.46. The van der Waals surface area contributed by atoms with E-state index in [1.165, 1.54) is 13.8 Å². The number of nitrogens with zero attached hydrogens (tertiary/aromatic N) is 1. The van der Waals surface area contributed by atoms with Crippen LogP contribution in [0.4, 0.5) is 0 Å². The molecule has 1 heterocycles. The molecule has 0 saturated carbocycles. The van der Waals surface area contributed by atoms with E-state index < -0.39 is 11.6 Å². The van der Waals surface area contributed by atoms with E-state index in [4.69, 9.17) is 9.84 Å². The Balaban J connectivity index is 2.34. The van der Waals surface area contributed by atoms with Crippen molar-refractivity contribution >= 4 is 16.7 Å². The number of ether oxygens (including phenoxy) is 1. The van der Waals surface area contributed by atoms with Crippen LogP contribution in [0.25, 0.3) is 10.8 Å². The van der Waals surface area contributed by atoms with Gasteiger partial charge in [0, 0.05) is 17.8 Å². The van der Waals surface area contributed by atoms with Crippen molar-refractivity contribution < 1.29 is 14.6 Å². The monoisotopic (exact) mass is 231 g/mol. The van der Waals surface area contributed by atoms with Gasteiger partial charge in [0.25, 0.3) is 0 Å². The fourth-order valence-electron chi connectivity index (χ4n) is 1.46. The minimum atomic E-state index is -1.24. The maximum atomic E-state index is 11.0. The average Bonchev–Trinajstić information content (AvgIpc) is 2.28. The summed E-state index contributed by atoms with van der Waals surface area (Å²) in [5, 5.41) is 10.9. The van der Waals surface area contributed by atoms with Gasteiger partial charge < -0.3 is 9.84 Å². The number of carboxylic acids is 1. The molecule has 0 atom stereocenters. The summed E-state index contributed by atoms with van der Waals surface area (Å²) in [5.74, 6) is -0.455. The van der Waals surface area contributed by atoms with E-state index in [0.29, 0.717) is 5.75 Å². The van der Waals surface area contributed by atoms with Crippen molar-refractivity contribution in [2.75, 3.05) is 0 Å². The molecule has 0 amide bonds. The second-order valence-electron chi connectivity index (χ2n) is 4.30. The molecule has 0 saturated heterocycles. The molecule has 2 rings (SSSR count). The van der Waals surface area contributed by atoms with Crippen LogP contribution in [0.1, 0.15) is 13.8 Å². The Morgan fingerprint density at radius 3 is 2.76 bits per heavy atom. The Kier molecular flexibility index (Phi) is 2.71. The lowest BCUT2D eigenvalue weighted by Crippen LogP contribution is -2.37. The third-order valence-corrected chi connectivity index (χ3v) is 2.50. The number of carboxylic acid groups (broad SMARTS) is 1. The van der Waals surface area contributed by atoms with Crippen LogP contribution >= 0.6 is 0 Å². The van der Waals surface area contributed by atoms with Gasteiger partial charge in [-0.25, -0.2) is 4.79 Å². The summed E-state index contributed by atoms with van der Waals surface area (Å²) in [5.41, 5.74) is -1.24. The zero-order valence-corrected chi connectivity index (χ0v) is 9.68. The molecule has 0 aliphatic heterocycles. The van der Waals surface area contributed by atoms with Gasteiger partial charge in [0.1, 0.15) is 5.75 Å². The molecule has 0 aliphatic rings. The lowest BCUT2D eigenvalue weighted by molar-refractivity contribution is -0.152. The molecule has 0 aliphatic carbocycles. The zero-order valence-electron chi connectivity index (χ0n) is 9.68. The van der Waals surface area contributed by atoms with E-state index in [-0.39, 0.29) is 0 Å². The van der Waals surface area contributed by atoms with Crippen LogP contribution in [0.3, 0.4) is 0 Å². The van der Waals surface area contributed by atoms with Crippen molar-refractivity contribution in [2.45, 2.75) is 19.4 Å². The molecule has 0 spiro atoms. The third kappa shape index (κ3) is 2.36. The van der Waals surface area contributed by atoms with Crippen LogP contribution in [0.5, 0.6) is 5.75 Å². The predicted octanol–water partition coefficient (Wildman–Crippen LogP) is 2.48. The number of rotatable bonds is 3. The van der Waals surface area contributed by atoms with Crippen LogP contribution < -0.4 is 4.74 Å². The highest BCUT2D eigenvalue weighted by Gasteiger charge is 2.29. The van der Waals surface area contributed by atoms with Crippen LogP contribution in [0.15, 0.2) is 36.7 Å². The first-order valence-corrected chi connectivity index (χ1v) is 5.25. The van der Waals surface area contributed by atoms with Crippen LogP contribution in [0, 0.1) is 0 Å². The van der Waals surface area contributed by atoms with Crippen LogP contribution in [-0.4, -0.2) is 21.7 Å². The maximum absolute atomic E-state index is 11.0. The van der Waals surface area contributed by atoms with Gasteiger partial charge in [-0.1, -0.05) is 0 Å². The second-order valence-corrected chi connectivity index (χ2v) is 4.30. The molecule has 1 N–H and O–H groups in total. The molecule has 1 aromatic heterocycles. The lowest BCUT2D eigenvalue weighted by Gasteiger charge is -2.21. The number of carbonyl (C=O) groups is 1. The molecule has 4 nitrogen and oxygen atoms in total. The largest absolute Gasteiger partial charge is 0.478 e. The number of pyridine rings is 1. The van der Waals surface area contributed by atoms with E-state index in [0.717, 1.165) is 10.8 Å². The van der Waals surface area contributed by atoms with Crippen molar-refractivity contribution in [3.63, 3.8) is 0 Å². The Hall–Kier alpha value is -2.10. The molecule has 2 aromatic rings. The normalized spacial score (nSPS) is 11.4. The summed E-state index contributed by atoms with van der Waals surface area (Å²) in [7, 11) is 0. The van der Waals surface area contributed by atoms with Gasteiger partial charge in [0.15, 0.2) is 5.60 Å². The molecule has 1 aromatic carbocycles. The zero-order chi connectivity index (χ0) is 12.5. The van der Waals surface area contributed by atoms with Gasteiger partial charge in [-0.05, 0) is 43.5 Å². The highest BCUT2D eigenvalue weighted by molar-refractivity contribution is 5.83. The average molecular weight is 231 g/mol. The van der Waals surface area contributed by atoms with Crippen molar-refractivity contribution in [3.8, 4) is 5.75 Å². The number of hydrogen-bond donors (Lipinski definition) is 1.